The van der Waals surface area contributed by atoms with E-state index in [1.807, 2.05) is 92.7 Å². The third-order valence-electron chi connectivity index (χ3n) is 19.7. The van der Waals surface area contributed by atoms with Gasteiger partial charge in [-0.2, -0.15) is 0 Å². The van der Waals surface area contributed by atoms with E-state index in [1.165, 1.54) is 6.42 Å². The molecule has 5 aromatic carbocycles. The predicted octanol–water partition coefficient (Wildman–Crippen LogP) is 6.00. The van der Waals surface area contributed by atoms with Crippen LogP contribution in [0.25, 0.3) is 0 Å². The summed E-state index contributed by atoms with van der Waals surface area (Å²) in [4.78, 5) is 105. The molecule has 1 aliphatic carbocycles. The number of nitrogens with one attached hydrogen (secondary N) is 7. The molecule has 23 nitrogen and oxygen atoms in total. The van der Waals surface area contributed by atoms with Crippen LogP contribution in [0.4, 0.5) is 0 Å². The van der Waals surface area contributed by atoms with Gasteiger partial charge in [0.25, 0.3) is 0 Å². The van der Waals surface area contributed by atoms with Crippen LogP contribution in [-0.4, -0.2) is 143 Å². The molecule has 23 heteroatoms. The van der Waals surface area contributed by atoms with Crippen LogP contribution < -0.4 is 65.9 Å². The van der Waals surface area contributed by atoms with E-state index in [0.29, 0.717) is 83.5 Å². The summed E-state index contributed by atoms with van der Waals surface area (Å²) in [6, 6.07) is 30.2. The second-order valence-corrected chi connectivity index (χ2v) is 27.9. The fourth-order valence-electron chi connectivity index (χ4n) is 13.9. The first-order chi connectivity index (χ1) is 49.2. The Hall–Kier alpha value is -8.90. The fraction of sp³-hybridized carbons (Fsp3) is 0.519. The summed E-state index contributed by atoms with van der Waals surface area (Å²) in [6.07, 6.45) is 16.7. The van der Waals surface area contributed by atoms with Crippen LogP contribution in [-0.2, 0) is 72.2 Å². The molecule has 19 N–H and O–H groups in total. The molecule has 8 atom stereocenters. The van der Waals surface area contributed by atoms with Gasteiger partial charge in [-0.3, -0.25) is 43.9 Å². The van der Waals surface area contributed by atoms with Gasteiger partial charge in [0, 0.05) is 39.1 Å². The highest BCUT2D eigenvalue weighted by Gasteiger charge is 2.36. The minimum absolute atomic E-state index is 0.0888. The summed E-state index contributed by atoms with van der Waals surface area (Å²) in [5.74, 6) is -2.26. The van der Waals surface area contributed by atoms with Crippen molar-refractivity contribution in [3.05, 3.63) is 166 Å². The SMILES string of the molecule is Cc1cc(O)cc(C)c1C[C@H](N)C(=O)N[C@H](CCCN=C(N)N)C(=O)N[C@@H](Cc1ccccc1)C(=O)N[C@@H](CCCCN)C(=O)NCCCCCCCCCCNC(=O)[C@H](Cc1ccccc1)N[C@H](CC1CCCCC1)C(=O)NCC1Cc2ccccc2CN1C(=O)[C@@H](N)Cc1ccc(O)cc1. The maximum atomic E-state index is 14.7. The van der Waals surface area contributed by atoms with E-state index in [4.69, 9.17) is 28.7 Å². The number of guanidine groups is 1. The average molecular weight is 1400 g/mol. The van der Waals surface area contributed by atoms with Gasteiger partial charge in [-0.25, -0.2) is 0 Å². The lowest BCUT2D eigenvalue weighted by molar-refractivity contribution is -0.137. The molecule has 1 heterocycles. The number of carbonyl (C=O) groups is 7. The molecular formula is C79H114N14O9. The van der Waals surface area contributed by atoms with Gasteiger partial charge in [-0.15, -0.1) is 0 Å². The summed E-state index contributed by atoms with van der Waals surface area (Å²) in [5, 5.41) is 41.6. The van der Waals surface area contributed by atoms with Gasteiger partial charge < -0.3 is 75.7 Å². The zero-order valence-electron chi connectivity index (χ0n) is 60.0. The van der Waals surface area contributed by atoms with Crippen molar-refractivity contribution in [2.75, 3.05) is 32.7 Å². The molecule has 1 saturated carbocycles. The minimum atomic E-state index is -1.14. The molecule has 0 aromatic heterocycles. The van der Waals surface area contributed by atoms with Crippen molar-refractivity contribution >= 4 is 47.3 Å². The van der Waals surface area contributed by atoms with Gasteiger partial charge in [0.05, 0.1) is 30.2 Å². The van der Waals surface area contributed by atoms with E-state index < -0.39 is 60.0 Å². The van der Waals surface area contributed by atoms with Crippen molar-refractivity contribution in [3.8, 4) is 11.5 Å². The zero-order valence-corrected chi connectivity index (χ0v) is 60.0. The molecule has 0 radical (unpaired) electrons. The Morgan fingerprint density at radius 1 is 0.510 bits per heavy atom. The molecule has 1 aliphatic heterocycles. The van der Waals surface area contributed by atoms with E-state index in [0.717, 1.165) is 122 Å². The maximum absolute atomic E-state index is 14.7. The lowest BCUT2D eigenvalue weighted by atomic mass is 9.84. The molecular weight excluding hydrogens is 1290 g/mol. The molecule has 1 unspecified atom stereocenters. The average Bonchev–Trinajstić information content (AvgIpc) is 0.799. The van der Waals surface area contributed by atoms with Crippen LogP contribution in [0.1, 0.15) is 167 Å². The Bertz CT molecular complexity index is 3440. The summed E-state index contributed by atoms with van der Waals surface area (Å²) >= 11 is 0. The van der Waals surface area contributed by atoms with E-state index in [2.05, 4.69) is 48.3 Å². The highest BCUT2D eigenvalue weighted by Crippen LogP contribution is 2.29. The molecule has 102 heavy (non-hydrogen) atoms. The molecule has 554 valence electrons. The normalized spacial score (nSPS) is 15.8. The lowest BCUT2D eigenvalue weighted by Gasteiger charge is -2.39. The number of nitrogens with two attached hydrogens (primary N) is 5. The molecule has 0 spiro atoms. The smallest absolute Gasteiger partial charge is 0.243 e. The van der Waals surface area contributed by atoms with Gasteiger partial charge in [-0.05, 0) is 172 Å². The molecule has 0 saturated heterocycles. The number of nitrogens with zero attached hydrogens (tertiary/aromatic N) is 2. The van der Waals surface area contributed by atoms with Crippen LogP contribution in [0.2, 0.25) is 0 Å². The predicted molar refractivity (Wildman–Crippen MR) is 400 cm³/mol. The first kappa shape index (κ1) is 80.4. The number of phenols is 2. The van der Waals surface area contributed by atoms with Gasteiger partial charge in [0.2, 0.25) is 41.4 Å². The van der Waals surface area contributed by atoms with Gasteiger partial charge in [0.15, 0.2) is 5.96 Å². The summed E-state index contributed by atoms with van der Waals surface area (Å²) in [5.41, 5.74) is 37.1. The van der Waals surface area contributed by atoms with E-state index in [1.54, 1.807) is 41.3 Å². The zero-order chi connectivity index (χ0) is 73.2. The summed E-state index contributed by atoms with van der Waals surface area (Å²) in [6.45, 7) is 5.71. The molecule has 2 aliphatic rings. The Morgan fingerprint density at radius 3 is 1.63 bits per heavy atom. The number of amides is 7. The fourth-order valence-corrected chi connectivity index (χ4v) is 13.9. The van der Waals surface area contributed by atoms with Crippen molar-refractivity contribution < 1.29 is 43.8 Å². The van der Waals surface area contributed by atoms with Gasteiger partial charge in [-0.1, -0.05) is 168 Å². The van der Waals surface area contributed by atoms with E-state index >= 15 is 0 Å². The molecule has 7 rings (SSSR count). The van der Waals surface area contributed by atoms with Crippen molar-refractivity contribution in [2.45, 2.75) is 223 Å². The van der Waals surface area contributed by atoms with Gasteiger partial charge in [0.1, 0.15) is 29.6 Å². The van der Waals surface area contributed by atoms with Crippen molar-refractivity contribution in [1.29, 1.82) is 0 Å². The highest BCUT2D eigenvalue weighted by molar-refractivity contribution is 5.95. The van der Waals surface area contributed by atoms with Crippen LogP contribution in [0.5, 0.6) is 11.5 Å². The van der Waals surface area contributed by atoms with E-state index in [-0.39, 0.29) is 79.5 Å². The highest BCUT2D eigenvalue weighted by atomic mass is 16.3. The largest absolute Gasteiger partial charge is 0.508 e. The standard InChI is InChI=1S/C79H114N14O9/c1-53-43-63(95)44-54(2)64(53)50-65(81)72(96)90-68(34-24-42-87-79(83)84)76(100)92-71(48-57-29-16-11-17-30-57)77(101)91-67(33-20-21-39-80)73(97)85-40-22-7-5-3-4-6-8-23-41-86-74(98)69(46-55-25-12-9-13-26-55)89-70(47-56-27-14-10-15-28-56)75(99)88-51-61-49-59-31-18-19-32-60(59)52-93(61)78(102)66(82)45-58-35-37-62(94)38-36-58/h9,11-13,16-19,25-26,29-32,35-38,43-44,56,61,65-71,89,94-95H,3-8,10,14-15,20-24,27-28,33-34,39-42,45-52,80-82H2,1-2H3,(H,85,97)(H,86,98)(H,88,99)(H,90,96)(H,91,101)(H,92,100)(H4,83,84,87)/t61?,65-,66-,67-,68+,69-,70+,71-/m0/s1. The maximum Gasteiger partial charge on any atom is 0.243 e. The second kappa shape index (κ2) is 43.1. The quantitative estimate of drug-likeness (QED) is 0.0121. The monoisotopic (exact) mass is 1400 g/mol. The second-order valence-electron chi connectivity index (χ2n) is 27.9. The summed E-state index contributed by atoms with van der Waals surface area (Å²) in [7, 11) is 0. The number of hydrogen-bond acceptors (Lipinski definition) is 14. The molecule has 5 aromatic rings. The summed E-state index contributed by atoms with van der Waals surface area (Å²) < 4.78 is 0. The lowest BCUT2D eigenvalue weighted by Crippen LogP contribution is -2.58. The first-order valence-electron chi connectivity index (χ1n) is 37.0. The van der Waals surface area contributed by atoms with E-state index in [9.17, 15) is 43.8 Å². The minimum Gasteiger partial charge on any atom is -0.508 e. The first-order valence-corrected chi connectivity index (χ1v) is 37.0. The molecule has 1 fully saturated rings. The number of fused-ring (bicyclic) bond motifs is 1. The van der Waals surface area contributed by atoms with Crippen LogP contribution >= 0.6 is 0 Å². The van der Waals surface area contributed by atoms with Gasteiger partial charge >= 0.3 is 0 Å². The number of benzene rings is 5. The van der Waals surface area contributed by atoms with Crippen LogP contribution in [0.15, 0.2) is 126 Å². The van der Waals surface area contributed by atoms with Crippen molar-refractivity contribution in [2.24, 2.45) is 39.6 Å². The number of aryl methyl sites for hydroxylation is 2. The van der Waals surface area contributed by atoms with Crippen molar-refractivity contribution in [3.63, 3.8) is 0 Å². The Balaban J connectivity index is 0.874. The Morgan fingerprint density at radius 2 is 1.02 bits per heavy atom. The third-order valence-corrected chi connectivity index (χ3v) is 19.7. The third kappa shape index (κ3) is 27.5. The molecule has 0 bridgehead atoms. The number of carbonyl (C=O) groups excluding carboxylic acids is 7. The van der Waals surface area contributed by atoms with Crippen LogP contribution in [0, 0.1) is 19.8 Å². The Kier molecular flexibility index (Phi) is 34.0. The topological polar surface area (TPSA) is 390 Å². The Labute approximate surface area is 602 Å². The number of rotatable bonds is 43. The number of phenolic OH excluding ortho intramolecular Hbond substituents is 2. The number of unbranched alkanes of at least 4 members (excludes halogenated alkanes) is 8. The molecule has 7 amide bonds. The van der Waals surface area contributed by atoms with Crippen molar-refractivity contribution in [1.82, 2.24) is 42.1 Å². The number of hydrogen-bond donors (Lipinski definition) is 14. The number of aromatic hydroxyl groups is 2. The number of aliphatic imine (C=N–C) groups is 1. The van der Waals surface area contributed by atoms with Crippen LogP contribution in [0.3, 0.4) is 0 Å².